The molecule has 164 valence electrons. The maximum Gasteiger partial charge on any atom is 0.228 e. The minimum atomic E-state index is 0.215. The molecule has 0 bridgehead atoms. The number of aromatic nitrogens is 6. The summed E-state index contributed by atoms with van der Waals surface area (Å²) in [5.74, 6) is 0.863. The van der Waals surface area contributed by atoms with E-state index in [0.29, 0.717) is 36.1 Å². The van der Waals surface area contributed by atoms with E-state index in [0.717, 1.165) is 56.5 Å². The van der Waals surface area contributed by atoms with E-state index in [1.165, 1.54) is 0 Å². The molecule has 3 aromatic rings. The number of allylic oxidation sites excluding steroid dienone is 1. The average molecular weight is 425 g/mol. The van der Waals surface area contributed by atoms with Crippen molar-refractivity contribution in [2.45, 2.75) is 32.2 Å². The number of hydrogen-bond donors (Lipinski definition) is 3. The molecule has 1 aliphatic rings. The molecular formula is C20H27N9O2. The second kappa shape index (κ2) is 9.67. The second-order valence-electron chi connectivity index (χ2n) is 7.44. The highest BCUT2D eigenvalue weighted by Gasteiger charge is 2.20. The molecule has 4 heterocycles. The molecular weight excluding hydrogens is 398 g/mol. The van der Waals surface area contributed by atoms with E-state index in [1.807, 2.05) is 0 Å². The van der Waals surface area contributed by atoms with Gasteiger partial charge in [0, 0.05) is 43.3 Å². The quantitative estimate of drug-likeness (QED) is 0.343. The first-order valence-corrected chi connectivity index (χ1v) is 10.4. The normalized spacial score (nSPS) is 14.2. The van der Waals surface area contributed by atoms with Gasteiger partial charge in [-0.3, -0.25) is 10.7 Å². The van der Waals surface area contributed by atoms with Gasteiger partial charge in [-0.1, -0.05) is 13.0 Å². The number of nitrogen functional groups attached to an aromatic ring is 1. The third-order valence-corrected chi connectivity index (χ3v) is 5.23. The number of rotatable bonds is 9. The Morgan fingerprint density at radius 2 is 1.90 bits per heavy atom. The zero-order valence-electron chi connectivity index (χ0n) is 17.4. The van der Waals surface area contributed by atoms with Gasteiger partial charge in [-0.2, -0.15) is 4.98 Å². The fourth-order valence-electron chi connectivity index (χ4n) is 3.52. The van der Waals surface area contributed by atoms with Crippen LogP contribution in [0.2, 0.25) is 0 Å². The fraction of sp³-hybridized carbons (Fsp3) is 0.450. The standard InChI is InChI=1S/C20H27N9O2/c1-14(27-30)5-3-2-4-6-29-13-24-17-16(15-11-22-19(21)23-12-15)25-20(26-18(17)29)28-7-9-31-10-8-28/h11-13,27,30H,1-10H2,(H2,21,22,23). The number of aryl methyl sites for hydroxylation is 1. The number of nitrogens with one attached hydrogen (secondary N) is 1. The first-order chi connectivity index (χ1) is 15.2. The molecule has 0 spiro atoms. The molecule has 1 fully saturated rings. The lowest BCUT2D eigenvalue weighted by molar-refractivity contribution is 0.122. The van der Waals surface area contributed by atoms with Crippen LogP contribution in [0.25, 0.3) is 22.4 Å². The Morgan fingerprint density at radius 1 is 1.13 bits per heavy atom. The summed E-state index contributed by atoms with van der Waals surface area (Å²) in [6.45, 7) is 7.29. The minimum Gasteiger partial charge on any atom is -0.378 e. The molecule has 31 heavy (non-hydrogen) atoms. The van der Waals surface area contributed by atoms with E-state index in [1.54, 1.807) is 18.7 Å². The van der Waals surface area contributed by atoms with Crippen LogP contribution in [0.1, 0.15) is 25.7 Å². The summed E-state index contributed by atoms with van der Waals surface area (Å²) in [6.07, 6.45) is 8.77. The number of imidazole rings is 1. The van der Waals surface area contributed by atoms with Crippen molar-refractivity contribution < 1.29 is 9.94 Å². The molecule has 0 aliphatic carbocycles. The van der Waals surface area contributed by atoms with E-state index in [2.05, 4.69) is 36.5 Å². The van der Waals surface area contributed by atoms with Crippen molar-refractivity contribution in [2.24, 2.45) is 0 Å². The molecule has 1 aliphatic heterocycles. The van der Waals surface area contributed by atoms with E-state index in [4.69, 9.17) is 25.6 Å². The number of nitrogens with two attached hydrogens (primary N) is 1. The van der Waals surface area contributed by atoms with Crippen LogP contribution < -0.4 is 16.1 Å². The van der Waals surface area contributed by atoms with Crippen molar-refractivity contribution in [1.82, 2.24) is 35.0 Å². The topological polar surface area (TPSA) is 140 Å². The molecule has 0 radical (unpaired) electrons. The average Bonchev–Trinajstić information content (AvgIpc) is 3.22. The lowest BCUT2D eigenvalue weighted by Crippen LogP contribution is -2.37. The minimum absolute atomic E-state index is 0.215. The van der Waals surface area contributed by atoms with Crippen LogP contribution in [-0.4, -0.2) is 61.0 Å². The van der Waals surface area contributed by atoms with Crippen LogP contribution >= 0.6 is 0 Å². The number of fused-ring (bicyclic) bond motifs is 1. The molecule has 0 amide bonds. The van der Waals surface area contributed by atoms with Crippen LogP contribution in [0.15, 0.2) is 31.0 Å². The van der Waals surface area contributed by atoms with Crippen LogP contribution in [-0.2, 0) is 11.3 Å². The van der Waals surface area contributed by atoms with Gasteiger partial charge in [-0.15, -0.1) is 0 Å². The van der Waals surface area contributed by atoms with Crippen molar-refractivity contribution in [2.75, 3.05) is 36.9 Å². The monoisotopic (exact) mass is 425 g/mol. The van der Waals surface area contributed by atoms with E-state index < -0.39 is 0 Å². The molecule has 4 rings (SSSR count). The Balaban J connectivity index is 1.61. The SMILES string of the molecule is C=C(CCCCCn1cnc2c(-c3cnc(N)nc3)nc(N3CCOCC3)nc21)NO. The number of nitrogens with zero attached hydrogens (tertiary/aromatic N) is 7. The maximum atomic E-state index is 8.82. The van der Waals surface area contributed by atoms with Crippen molar-refractivity contribution in [1.29, 1.82) is 0 Å². The summed E-state index contributed by atoms with van der Waals surface area (Å²) in [6, 6.07) is 0. The number of hydrogen-bond acceptors (Lipinski definition) is 10. The first-order valence-electron chi connectivity index (χ1n) is 10.4. The van der Waals surface area contributed by atoms with Gasteiger partial charge >= 0.3 is 0 Å². The largest absolute Gasteiger partial charge is 0.378 e. The first kappa shape index (κ1) is 20.9. The Bertz CT molecular complexity index is 1030. The summed E-state index contributed by atoms with van der Waals surface area (Å²) < 4.78 is 7.53. The highest BCUT2D eigenvalue weighted by molar-refractivity contribution is 5.88. The van der Waals surface area contributed by atoms with Crippen molar-refractivity contribution in [3.05, 3.63) is 31.0 Å². The van der Waals surface area contributed by atoms with Crippen LogP contribution in [0.4, 0.5) is 11.9 Å². The molecule has 11 heteroatoms. The predicted octanol–water partition coefficient (Wildman–Crippen LogP) is 1.75. The Labute approximate surface area is 180 Å². The second-order valence-corrected chi connectivity index (χ2v) is 7.44. The van der Waals surface area contributed by atoms with Gasteiger partial charge in [0.2, 0.25) is 11.9 Å². The molecule has 11 nitrogen and oxygen atoms in total. The lowest BCUT2D eigenvalue weighted by atomic mass is 10.1. The number of anilines is 2. The molecule has 0 saturated carbocycles. The van der Waals surface area contributed by atoms with E-state index in [9.17, 15) is 0 Å². The number of unbranched alkanes of at least 4 members (excludes halogenated alkanes) is 2. The van der Waals surface area contributed by atoms with Crippen molar-refractivity contribution in [3.8, 4) is 11.3 Å². The van der Waals surface area contributed by atoms with Gasteiger partial charge in [-0.05, 0) is 19.3 Å². The summed E-state index contributed by atoms with van der Waals surface area (Å²) >= 11 is 0. The maximum absolute atomic E-state index is 8.82. The molecule has 4 N–H and O–H groups in total. The molecule has 3 aromatic heterocycles. The summed E-state index contributed by atoms with van der Waals surface area (Å²) in [5.41, 5.74) is 11.3. The van der Waals surface area contributed by atoms with Gasteiger partial charge in [0.1, 0.15) is 11.2 Å². The Kier molecular flexibility index (Phi) is 6.53. The molecule has 0 aromatic carbocycles. The van der Waals surface area contributed by atoms with Gasteiger partial charge in [0.25, 0.3) is 0 Å². The molecule has 0 unspecified atom stereocenters. The molecule has 0 atom stereocenters. The summed E-state index contributed by atoms with van der Waals surface area (Å²) in [4.78, 5) is 24.6. The highest BCUT2D eigenvalue weighted by Crippen LogP contribution is 2.27. The third kappa shape index (κ3) is 4.89. The summed E-state index contributed by atoms with van der Waals surface area (Å²) in [5, 5.41) is 8.82. The van der Waals surface area contributed by atoms with Crippen LogP contribution in [0.5, 0.6) is 0 Å². The van der Waals surface area contributed by atoms with Gasteiger partial charge in [0.15, 0.2) is 5.65 Å². The van der Waals surface area contributed by atoms with Crippen molar-refractivity contribution >= 4 is 23.1 Å². The zero-order valence-corrected chi connectivity index (χ0v) is 17.4. The van der Waals surface area contributed by atoms with Crippen LogP contribution in [0, 0.1) is 0 Å². The smallest absolute Gasteiger partial charge is 0.228 e. The number of hydroxylamine groups is 1. The van der Waals surface area contributed by atoms with Gasteiger partial charge in [0.05, 0.1) is 19.5 Å². The number of ether oxygens (including phenoxy) is 1. The molecule has 1 saturated heterocycles. The fourth-order valence-corrected chi connectivity index (χ4v) is 3.52. The van der Waals surface area contributed by atoms with E-state index >= 15 is 0 Å². The van der Waals surface area contributed by atoms with E-state index in [-0.39, 0.29) is 5.95 Å². The van der Waals surface area contributed by atoms with Crippen molar-refractivity contribution in [3.63, 3.8) is 0 Å². The summed E-state index contributed by atoms with van der Waals surface area (Å²) in [7, 11) is 0. The lowest BCUT2D eigenvalue weighted by Gasteiger charge is -2.27. The predicted molar refractivity (Wildman–Crippen MR) is 116 cm³/mol. The zero-order chi connectivity index (χ0) is 21.6. The Morgan fingerprint density at radius 3 is 2.65 bits per heavy atom. The highest BCUT2D eigenvalue weighted by atomic mass is 16.5. The Hall–Kier alpha value is -3.31. The van der Waals surface area contributed by atoms with Gasteiger partial charge < -0.3 is 19.9 Å². The number of morpholine rings is 1. The van der Waals surface area contributed by atoms with Crippen LogP contribution in [0.3, 0.4) is 0 Å². The van der Waals surface area contributed by atoms with Gasteiger partial charge in [-0.25, -0.2) is 19.9 Å². The third-order valence-electron chi connectivity index (χ3n) is 5.23.